The van der Waals surface area contributed by atoms with Crippen molar-refractivity contribution in [2.75, 3.05) is 33.4 Å². The molecular weight excluding hydrogens is 430 g/mol. The van der Waals surface area contributed by atoms with E-state index in [1.807, 2.05) is 29.0 Å². The predicted molar refractivity (Wildman–Crippen MR) is 129 cm³/mol. The zero-order chi connectivity index (χ0) is 23.6. The number of carbonyl (C=O) groups excluding carboxylic acids is 2. The molecule has 34 heavy (non-hydrogen) atoms. The largest absolute Gasteiger partial charge is 0.497 e. The topological polar surface area (TPSA) is 75.0 Å². The second kappa shape index (κ2) is 8.01. The second-order valence-corrected chi connectivity index (χ2v) is 11.0. The Morgan fingerprint density at radius 2 is 1.85 bits per heavy atom. The van der Waals surface area contributed by atoms with Crippen LogP contribution in [-0.2, 0) is 22.1 Å². The van der Waals surface area contributed by atoms with E-state index in [-0.39, 0.29) is 35.8 Å². The molecule has 1 N–H and O–H groups in total. The summed E-state index contributed by atoms with van der Waals surface area (Å²) in [6, 6.07) is 5.75. The fraction of sp³-hybridized carbons (Fsp3) is 0.630. The zero-order valence-corrected chi connectivity index (χ0v) is 20.3. The van der Waals surface area contributed by atoms with E-state index in [0.717, 1.165) is 48.0 Å². The van der Waals surface area contributed by atoms with Gasteiger partial charge in [0.05, 0.1) is 30.7 Å². The summed E-state index contributed by atoms with van der Waals surface area (Å²) in [4.78, 5) is 30.5. The number of rotatable bonds is 5. The minimum atomic E-state index is -0.367. The average molecular weight is 466 g/mol. The lowest BCUT2D eigenvalue weighted by molar-refractivity contribution is -0.148. The van der Waals surface area contributed by atoms with Crippen LogP contribution in [0.3, 0.4) is 0 Å². The number of carbonyl (C=O) groups is 2. The van der Waals surface area contributed by atoms with E-state index in [2.05, 4.69) is 10.6 Å². The number of hydrogen-bond acceptors (Lipinski definition) is 4. The molecule has 0 unspecified atom stereocenters. The molecule has 1 saturated heterocycles. The minimum Gasteiger partial charge on any atom is -0.497 e. The smallest absolute Gasteiger partial charge is 0.226 e. The molecule has 3 heterocycles. The van der Waals surface area contributed by atoms with Gasteiger partial charge in [-0.05, 0) is 49.3 Å². The Morgan fingerprint density at radius 1 is 1.12 bits per heavy atom. The van der Waals surface area contributed by atoms with Crippen molar-refractivity contribution in [2.45, 2.75) is 56.4 Å². The van der Waals surface area contributed by atoms with Crippen LogP contribution in [0.5, 0.6) is 5.75 Å². The van der Waals surface area contributed by atoms with Gasteiger partial charge >= 0.3 is 0 Å². The van der Waals surface area contributed by atoms with Crippen LogP contribution in [0.15, 0.2) is 18.2 Å². The lowest BCUT2D eigenvalue weighted by Crippen LogP contribution is -2.68. The van der Waals surface area contributed by atoms with Crippen molar-refractivity contribution in [2.24, 2.45) is 18.9 Å². The minimum absolute atomic E-state index is 0.0510. The number of aryl methyl sites for hydroxylation is 1. The van der Waals surface area contributed by atoms with E-state index in [9.17, 15) is 14.7 Å². The van der Waals surface area contributed by atoms with Gasteiger partial charge in [-0.2, -0.15) is 0 Å². The summed E-state index contributed by atoms with van der Waals surface area (Å²) >= 11 is 0. The molecule has 2 aliphatic carbocycles. The summed E-state index contributed by atoms with van der Waals surface area (Å²) in [5, 5.41) is 11.7. The van der Waals surface area contributed by atoms with Gasteiger partial charge in [-0.15, -0.1) is 0 Å². The van der Waals surface area contributed by atoms with Crippen molar-refractivity contribution in [3.63, 3.8) is 0 Å². The molecule has 182 valence electrons. The van der Waals surface area contributed by atoms with Crippen molar-refractivity contribution in [1.82, 2.24) is 14.4 Å². The van der Waals surface area contributed by atoms with E-state index in [1.54, 1.807) is 7.11 Å². The molecule has 3 fully saturated rings. The Morgan fingerprint density at radius 3 is 2.50 bits per heavy atom. The highest BCUT2D eigenvalue weighted by molar-refractivity contribution is 5.91. The third-order valence-corrected chi connectivity index (χ3v) is 8.81. The van der Waals surface area contributed by atoms with E-state index < -0.39 is 0 Å². The highest BCUT2D eigenvalue weighted by Crippen LogP contribution is 2.50. The quantitative estimate of drug-likeness (QED) is 0.736. The summed E-state index contributed by atoms with van der Waals surface area (Å²) in [7, 11) is 3.69. The second-order valence-electron chi connectivity index (χ2n) is 11.0. The number of amides is 2. The third kappa shape index (κ3) is 3.27. The van der Waals surface area contributed by atoms with Gasteiger partial charge < -0.3 is 24.2 Å². The number of hydrogen-bond donors (Lipinski definition) is 1. The summed E-state index contributed by atoms with van der Waals surface area (Å²) < 4.78 is 7.63. The van der Waals surface area contributed by atoms with Crippen molar-refractivity contribution in [3.05, 3.63) is 29.5 Å². The fourth-order valence-corrected chi connectivity index (χ4v) is 6.81. The average Bonchev–Trinajstić information content (AvgIpc) is 3.36. The first-order valence-corrected chi connectivity index (χ1v) is 12.8. The molecule has 1 spiro atoms. The molecule has 1 aromatic heterocycles. The standard InChI is InChI=1S/C27H35N3O4/c1-28-21-12-19(34-2)9-10-20(21)24-25(28)22(13-31)30(26(33)18-5-3-4-6-18)16-27(24)14-29(15-27)23(32)11-17-7-8-17/h9-10,12,17-18,22,31H,3-8,11,13-16H2,1-2H3/t22-/m0/s1. The molecule has 2 aromatic rings. The molecule has 7 heteroatoms. The van der Waals surface area contributed by atoms with E-state index in [1.165, 1.54) is 18.4 Å². The molecule has 0 radical (unpaired) electrons. The number of methoxy groups -OCH3 is 1. The van der Waals surface area contributed by atoms with Crippen molar-refractivity contribution in [1.29, 1.82) is 0 Å². The van der Waals surface area contributed by atoms with Crippen molar-refractivity contribution >= 4 is 22.7 Å². The Balaban J connectivity index is 1.44. The van der Waals surface area contributed by atoms with Crippen LogP contribution in [0.4, 0.5) is 0 Å². The Kier molecular flexibility index (Phi) is 5.17. The lowest BCUT2D eigenvalue weighted by Gasteiger charge is -2.56. The number of benzene rings is 1. The summed E-state index contributed by atoms with van der Waals surface area (Å²) in [5.41, 5.74) is 2.97. The van der Waals surface area contributed by atoms with E-state index >= 15 is 0 Å². The van der Waals surface area contributed by atoms with Gasteiger partial charge in [0.25, 0.3) is 0 Å². The van der Waals surface area contributed by atoms with Crippen LogP contribution in [0, 0.1) is 11.8 Å². The van der Waals surface area contributed by atoms with E-state index in [0.29, 0.717) is 32.0 Å². The SMILES string of the molecule is COc1ccc2c3c(n(C)c2c1)[C@H](CO)N(C(=O)C1CCCC1)CC31CN(C(=O)CC2CC2)C1. The van der Waals surface area contributed by atoms with Gasteiger partial charge in [0.1, 0.15) is 5.75 Å². The number of aromatic nitrogens is 1. The van der Waals surface area contributed by atoms with Crippen molar-refractivity contribution in [3.8, 4) is 5.75 Å². The zero-order valence-electron chi connectivity index (χ0n) is 20.3. The maximum absolute atomic E-state index is 13.7. The first-order chi connectivity index (χ1) is 16.5. The summed E-state index contributed by atoms with van der Waals surface area (Å²) in [6.07, 6.45) is 7.06. The number of ether oxygens (including phenoxy) is 1. The van der Waals surface area contributed by atoms with Crippen LogP contribution in [0.1, 0.15) is 62.2 Å². The molecule has 7 nitrogen and oxygen atoms in total. The Hall–Kier alpha value is -2.54. The van der Waals surface area contributed by atoms with Crippen molar-refractivity contribution < 1.29 is 19.4 Å². The van der Waals surface area contributed by atoms with Crippen LogP contribution in [-0.4, -0.2) is 64.6 Å². The molecule has 2 aliphatic heterocycles. The highest BCUT2D eigenvalue weighted by atomic mass is 16.5. The molecule has 0 bridgehead atoms. The van der Waals surface area contributed by atoms with Crippen LogP contribution < -0.4 is 4.74 Å². The lowest BCUT2D eigenvalue weighted by atomic mass is 9.68. The predicted octanol–water partition coefficient (Wildman–Crippen LogP) is 3.13. The molecule has 2 amide bonds. The molecule has 1 atom stereocenters. The number of aliphatic hydroxyl groups excluding tert-OH is 1. The van der Waals surface area contributed by atoms with Gasteiger partial charge in [0.2, 0.25) is 11.8 Å². The van der Waals surface area contributed by atoms with Gasteiger partial charge in [0.15, 0.2) is 0 Å². The molecule has 1 aromatic carbocycles. The first-order valence-electron chi connectivity index (χ1n) is 12.8. The third-order valence-electron chi connectivity index (χ3n) is 8.81. The number of aliphatic hydroxyl groups is 1. The van der Waals surface area contributed by atoms with Crippen LogP contribution in [0.25, 0.3) is 10.9 Å². The maximum Gasteiger partial charge on any atom is 0.226 e. The maximum atomic E-state index is 13.7. The number of fused-ring (bicyclic) bond motifs is 4. The highest BCUT2D eigenvalue weighted by Gasteiger charge is 2.56. The van der Waals surface area contributed by atoms with Crippen LogP contribution >= 0.6 is 0 Å². The number of nitrogens with zero attached hydrogens (tertiary/aromatic N) is 3. The molecule has 2 saturated carbocycles. The van der Waals surface area contributed by atoms with Gasteiger partial charge in [-0.1, -0.05) is 12.8 Å². The molecule has 6 rings (SSSR count). The molecular formula is C27H35N3O4. The van der Waals surface area contributed by atoms with Gasteiger partial charge in [0, 0.05) is 56.2 Å². The fourth-order valence-electron chi connectivity index (χ4n) is 6.81. The van der Waals surface area contributed by atoms with Gasteiger partial charge in [-0.3, -0.25) is 9.59 Å². The van der Waals surface area contributed by atoms with E-state index in [4.69, 9.17) is 4.74 Å². The Labute approximate surface area is 200 Å². The van der Waals surface area contributed by atoms with Gasteiger partial charge in [-0.25, -0.2) is 0 Å². The Bertz CT molecular complexity index is 1140. The monoisotopic (exact) mass is 465 g/mol. The first kappa shape index (κ1) is 22.0. The molecule has 4 aliphatic rings. The summed E-state index contributed by atoms with van der Waals surface area (Å²) in [5.74, 6) is 1.82. The summed E-state index contributed by atoms with van der Waals surface area (Å²) in [6.45, 7) is 1.75. The number of likely N-dealkylation sites (tertiary alicyclic amines) is 1. The normalized spacial score (nSPS) is 23.9. The van der Waals surface area contributed by atoms with Crippen LogP contribution in [0.2, 0.25) is 0 Å².